The van der Waals surface area contributed by atoms with E-state index in [9.17, 15) is 0 Å². The first-order valence-corrected chi connectivity index (χ1v) is 6.43. The first kappa shape index (κ1) is 12.8. The van der Waals surface area contributed by atoms with Crippen molar-refractivity contribution in [2.75, 3.05) is 25.0 Å². The molecule has 0 radical (unpaired) electrons. The minimum Gasteiger partial charge on any atom is -0.353 e. The van der Waals surface area contributed by atoms with Crippen molar-refractivity contribution >= 4 is 5.95 Å². The molecule has 1 fully saturated rings. The van der Waals surface area contributed by atoms with Gasteiger partial charge < -0.3 is 5.32 Å². The molecule has 18 heavy (non-hydrogen) atoms. The summed E-state index contributed by atoms with van der Waals surface area (Å²) < 4.78 is 0. The topological polar surface area (TPSA) is 64.8 Å². The fourth-order valence-corrected chi connectivity index (χ4v) is 2.26. The van der Waals surface area contributed by atoms with Crippen LogP contribution in [0.15, 0.2) is 6.07 Å². The number of aryl methyl sites for hydroxylation is 1. The number of aromatic nitrogens is 2. The molecule has 96 valence electrons. The predicted octanol–water partition coefficient (Wildman–Crippen LogP) is 1.55. The zero-order valence-corrected chi connectivity index (χ0v) is 11.0. The summed E-state index contributed by atoms with van der Waals surface area (Å²) in [5.74, 6) is 0.553. The van der Waals surface area contributed by atoms with Crippen molar-refractivity contribution in [1.29, 1.82) is 5.26 Å². The number of hydrogen-bond donors (Lipinski definition) is 1. The smallest absolute Gasteiger partial charge is 0.224 e. The van der Waals surface area contributed by atoms with Gasteiger partial charge in [-0.25, -0.2) is 9.97 Å². The maximum atomic E-state index is 8.86. The number of hydrogen-bond acceptors (Lipinski definition) is 5. The minimum absolute atomic E-state index is 0.416. The van der Waals surface area contributed by atoms with Crippen LogP contribution in [0.5, 0.6) is 0 Å². The van der Waals surface area contributed by atoms with Crippen LogP contribution in [-0.2, 0) is 0 Å². The van der Waals surface area contributed by atoms with E-state index < -0.39 is 0 Å². The lowest BCUT2D eigenvalue weighted by atomic mass is 10.3. The molecule has 2 heterocycles. The van der Waals surface area contributed by atoms with Crippen molar-refractivity contribution in [3.05, 3.63) is 17.5 Å². The van der Waals surface area contributed by atoms with E-state index in [0.29, 0.717) is 17.7 Å². The first-order chi connectivity index (χ1) is 8.69. The van der Waals surface area contributed by atoms with Crippen molar-refractivity contribution in [3.63, 3.8) is 0 Å². The molecule has 1 aromatic heterocycles. The molecule has 5 nitrogen and oxygen atoms in total. The van der Waals surface area contributed by atoms with E-state index in [1.165, 1.54) is 25.9 Å². The minimum atomic E-state index is 0.416. The molecule has 0 saturated carbocycles. The largest absolute Gasteiger partial charge is 0.353 e. The summed E-state index contributed by atoms with van der Waals surface area (Å²) in [7, 11) is 0. The lowest BCUT2D eigenvalue weighted by Gasteiger charge is -2.23. The van der Waals surface area contributed by atoms with Crippen molar-refractivity contribution < 1.29 is 0 Å². The van der Waals surface area contributed by atoms with E-state index >= 15 is 0 Å². The summed E-state index contributed by atoms with van der Waals surface area (Å²) in [5, 5.41) is 12.1. The molecule has 0 bridgehead atoms. The van der Waals surface area contributed by atoms with Gasteiger partial charge in [-0.2, -0.15) is 5.26 Å². The predicted molar refractivity (Wildman–Crippen MR) is 70.2 cm³/mol. The van der Waals surface area contributed by atoms with Crippen LogP contribution in [0.2, 0.25) is 0 Å². The van der Waals surface area contributed by atoms with E-state index in [1.54, 1.807) is 6.07 Å². The zero-order valence-electron chi connectivity index (χ0n) is 11.0. The molecule has 1 unspecified atom stereocenters. The number of nitriles is 1. The van der Waals surface area contributed by atoms with Crippen molar-refractivity contribution in [1.82, 2.24) is 14.9 Å². The van der Waals surface area contributed by atoms with Gasteiger partial charge in [-0.3, -0.25) is 4.90 Å². The third kappa shape index (κ3) is 3.17. The van der Waals surface area contributed by atoms with Gasteiger partial charge in [0.15, 0.2) is 0 Å². The van der Waals surface area contributed by atoms with E-state index in [-0.39, 0.29) is 0 Å². The molecule has 0 aromatic carbocycles. The highest BCUT2D eigenvalue weighted by Gasteiger charge is 2.17. The van der Waals surface area contributed by atoms with Crippen LogP contribution < -0.4 is 5.32 Å². The molecule has 0 amide bonds. The standard InChI is InChI=1S/C13H19N5/c1-10-7-12(8-14)17-13(16-10)15-9-11(2)18-5-3-4-6-18/h7,11H,3-6,9H2,1-2H3,(H,15,16,17). The van der Waals surface area contributed by atoms with Crippen LogP contribution in [0.25, 0.3) is 0 Å². The molecule has 1 aromatic rings. The van der Waals surface area contributed by atoms with Gasteiger partial charge in [0.25, 0.3) is 0 Å². The second-order valence-corrected chi connectivity index (χ2v) is 4.80. The molecule has 2 rings (SSSR count). The summed E-state index contributed by atoms with van der Waals surface area (Å²) in [6.07, 6.45) is 2.59. The molecule has 1 aliphatic heterocycles. The Kier molecular flexibility index (Phi) is 4.11. The lowest BCUT2D eigenvalue weighted by molar-refractivity contribution is 0.269. The summed E-state index contributed by atoms with van der Waals surface area (Å²) in [6.45, 7) is 7.26. The average Bonchev–Trinajstić information content (AvgIpc) is 2.89. The Morgan fingerprint density at radius 2 is 2.17 bits per heavy atom. The number of anilines is 1. The van der Waals surface area contributed by atoms with Gasteiger partial charge in [-0.15, -0.1) is 0 Å². The fourth-order valence-electron chi connectivity index (χ4n) is 2.26. The highest BCUT2D eigenvalue weighted by Crippen LogP contribution is 2.12. The molecular formula is C13H19N5. The number of nitrogens with zero attached hydrogens (tertiary/aromatic N) is 4. The Morgan fingerprint density at radius 3 is 2.83 bits per heavy atom. The highest BCUT2D eigenvalue weighted by atomic mass is 15.2. The van der Waals surface area contributed by atoms with Crippen LogP contribution in [-0.4, -0.2) is 40.5 Å². The Hall–Kier alpha value is -1.67. The Labute approximate surface area is 108 Å². The molecular weight excluding hydrogens is 226 g/mol. The maximum absolute atomic E-state index is 8.86. The van der Waals surface area contributed by atoms with Crippen LogP contribution in [0.4, 0.5) is 5.95 Å². The number of rotatable bonds is 4. The second kappa shape index (κ2) is 5.78. The quantitative estimate of drug-likeness (QED) is 0.872. The van der Waals surface area contributed by atoms with Crippen LogP contribution in [0.1, 0.15) is 31.2 Å². The van der Waals surface area contributed by atoms with E-state index in [0.717, 1.165) is 12.2 Å². The first-order valence-electron chi connectivity index (χ1n) is 6.43. The van der Waals surface area contributed by atoms with E-state index in [4.69, 9.17) is 5.26 Å². The Bertz CT molecular complexity index is 445. The number of likely N-dealkylation sites (tertiary alicyclic amines) is 1. The van der Waals surface area contributed by atoms with E-state index in [2.05, 4.69) is 27.1 Å². The average molecular weight is 245 g/mol. The summed E-state index contributed by atoms with van der Waals surface area (Å²) >= 11 is 0. The number of nitrogens with one attached hydrogen (secondary N) is 1. The second-order valence-electron chi connectivity index (χ2n) is 4.80. The van der Waals surface area contributed by atoms with Gasteiger partial charge in [0.05, 0.1) is 0 Å². The van der Waals surface area contributed by atoms with Crippen molar-refractivity contribution in [2.45, 2.75) is 32.7 Å². The molecule has 1 atom stereocenters. The normalized spacial score (nSPS) is 17.4. The summed E-state index contributed by atoms with van der Waals surface area (Å²) in [4.78, 5) is 10.9. The van der Waals surface area contributed by atoms with Gasteiger partial charge >= 0.3 is 0 Å². The Morgan fingerprint density at radius 1 is 1.44 bits per heavy atom. The zero-order chi connectivity index (χ0) is 13.0. The van der Waals surface area contributed by atoms with Gasteiger partial charge in [0.2, 0.25) is 5.95 Å². The third-order valence-electron chi connectivity index (χ3n) is 3.29. The lowest BCUT2D eigenvalue weighted by Crippen LogP contribution is -2.35. The molecule has 1 aliphatic rings. The van der Waals surface area contributed by atoms with Crippen LogP contribution in [0.3, 0.4) is 0 Å². The fraction of sp³-hybridized carbons (Fsp3) is 0.615. The van der Waals surface area contributed by atoms with Crippen molar-refractivity contribution in [2.24, 2.45) is 0 Å². The summed E-state index contributed by atoms with van der Waals surface area (Å²) in [5.41, 5.74) is 1.23. The molecule has 1 N–H and O–H groups in total. The third-order valence-corrected chi connectivity index (χ3v) is 3.29. The van der Waals surface area contributed by atoms with Crippen LogP contribution >= 0.6 is 0 Å². The SMILES string of the molecule is Cc1cc(C#N)nc(NCC(C)N2CCCC2)n1. The van der Waals surface area contributed by atoms with Gasteiger partial charge in [-0.05, 0) is 45.8 Å². The Balaban J connectivity index is 1.93. The molecule has 1 saturated heterocycles. The van der Waals surface area contributed by atoms with E-state index in [1.807, 2.05) is 13.0 Å². The maximum Gasteiger partial charge on any atom is 0.224 e. The van der Waals surface area contributed by atoms with Gasteiger partial charge in [0, 0.05) is 18.3 Å². The van der Waals surface area contributed by atoms with Crippen LogP contribution in [0, 0.1) is 18.3 Å². The summed E-state index contributed by atoms with van der Waals surface area (Å²) in [6, 6.07) is 4.21. The molecule has 0 spiro atoms. The van der Waals surface area contributed by atoms with Crippen molar-refractivity contribution in [3.8, 4) is 6.07 Å². The monoisotopic (exact) mass is 245 g/mol. The van der Waals surface area contributed by atoms with Gasteiger partial charge in [-0.1, -0.05) is 0 Å². The van der Waals surface area contributed by atoms with Gasteiger partial charge in [0.1, 0.15) is 11.8 Å². The molecule has 5 heteroatoms. The highest BCUT2D eigenvalue weighted by molar-refractivity contribution is 5.33. The molecule has 0 aliphatic carbocycles.